The maximum Gasteiger partial charge on any atom is 0.330 e. The molecule has 0 unspecified atom stereocenters. The SMILES string of the molecule is C=CC(=O)OCCOCCOCCOCCCCOc1ccc(-c2ccc(C#N)cc2)cc1. The topological polar surface area (TPSA) is 87.0 Å². The number of hydrogen-bond donors (Lipinski definition) is 0. The molecular formula is C26H31NO6. The van der Waals surface area contributed by atoms with E-state index in [0.29, 0.717) is 51.8 Å². The van der Waals surface area contributed by atoms with E-state index in [4.69, 9.17) is 28.9 Å². The summed E-state index contributed by atoms with van der Waals surface area (Å²) in [7, 11) is 0. The molecule has 0 aliphatic heterocycles. The summed E-state index contributed by atoms with van der Waals surface area (Å²) in [6.45, 7) is 7.11. The van der Waals surface area contributed by atoms with Crippen molar-refractivity contribution in [2.24, 2.45) is 0 Å². The summed E-state index contributed by atoms with van der Waals surface area (Å²) in [6.07, 6.45) is 2.94. The van der Waals surface area contributed by atoms with E-state index in [0.717, 1.165) is 35.8 Å². The quantitative estimate of drug-likeness (QED) is 0.202. The third kappa shape index (κ3) is 11.3. The molecule has 0 fully saturated rings. The first kappa shape index (κ1) is 26.1. The highest BCUT2D eigenvalue weighted by Crippen LogP contribution is 2.22. The maximum absolute atomic E-state index is 10.8. The summed E-state index contributed by atoms with van der Waals surface area (Å²) in [6, 6.07) is 17.6. The van der Waals surface area contributed by atoms with Crippen LogP contribution in [0, 0.1) is 11.3 Å². The molecule has 0 aromatic heterocycles. The number of esters is 1. The molecule has 0 bridgehead atoms. The van der Waals surface area contributed by atoms with Crippen LogP contribution in [-0.4, -0.2) is 58.8 Å². The number of rotatable bonds is 17. The summed E-state index contributed by atoms with van der Waals surface area (Å²) in [5, 5.41) is 8.88. The molecule has 0 heterocycles. The first-order chi connectivity index (χ1) is 16.2. The fraction of sp³-hybridized carbons (Fsp3) is 0.385. The monoisotopic (exact) mass is 453 g/mol. The molecule has 0 radical (unpaired) electrons. The van der Waals surface area contributed by atoms with Crippen LogP contribution in [0.4, 0.5) is 0 Å². The number of carbonyl (C=O) groups is 1. The van der Waals surface area contributed by atoms with Gasteiger partial charge in [-0.1, -0.05) is 30.8 Å². The number of ether oxygens (including phenoxy) is 5. The number of hydrogen-bond acceptors (Lipinski definition) is 7. The zero-order chi connectivity index (χ0) is 23.6. The Morgan fingerprint density at radius 3 is 1.85 bits per heavy atom. The van der Waals surface area contributed by atoms with Crippen molar-refractivity contribution in [1.82, 2.24) is 0 Å². The number of nitrogens with zero attached hydrogens (tertiary/aromatic N) is 1. The molecule has 2 aromatic carbocycles. The standard InChI is InChI=1S/C26H31NO6/c1-2-26(28)33-20-19-31-18-17-30-16-15-29-13-3-4-14-32-25-11-9-24(10-12-25)23-7-5-22(21-27)6-8-23/h2,5-12H,1,3-4,13-20H2. The zero-order valence-corrected chi connectivity index (χ0v) is 18.9. The van der Waals surface area contributed by atoms with Crippen LogP contribution in [0.25, 0.3) is 11.1 Å². The van der Waals surface area contributed by atoms with Crippen LogP contribution < -0.4 is 4.74 Å². The third-order valence-corrected chi connectivity index (χ3v) is 4.54. The number of carbonyl (C=O) groups excluding carboxylic acids is 1. The Balaban J connectivity index is 1.41. The molecule has 2 rings (SSSR count). The van der Waals surface area contributed by atoms with E-state index in [-0.39, 0.29) is 6.61 Å². The van der Waals surface area contributed by atoms with E-state index < -0.39 is 5.97 Å². The Morgan fingerprint density at radius 1 is 0.758 bits per heavy atom. The van der Waals surface area contributed by atoms with Gasteiger partial charge >= 0.3 is 5.97 Å². The Bertz CT molecular complexity index is 858. The van der Waals surface area contributed by atoms with E-state index in [1.807, 2.05) is 48.5 Å². The molecule has 0 N–H and O–H groups in total. The highest BCUT2D eigenvalue weighted by atomic mass is 16.6. The molecule has 0 saturated heterocycles. The zero-order valence-electron chi connectivity index (χ0n) is 18.9. The summed E-state index contributed by atoms with van der Waals surface area (Å²) >= 11 is 0. The molecule has 0 saturated carbocycles. The van der Waals surface area contributed by atoms with Crippen LogP contribution in [-0.2, 0) is 23.7 Å². The van der Waals surface area contributed by atoms with Gasteiger partial charge in [-0.3, -0.25) is 0 Å². The average Bonchev–Trinajstić information content (AvgIpc) is 2.86. The number of benzene rings is 2. The van der Waals surface area contributed by atoms with Gasteiger partial charge < -0.3 is 23.7 Å². The van der Waals surface area contributed by atoms with Gasteiger partial charge in [0.1, 0.15) is 12.4 Å². The fourth-order valence-corrected chi connectivity index (χ4v) is 2.78. The van der Waals surface area contributed by atoms with Crippen LogP contribution in [0.5, 0.6) is 5.75 Å². The summed E-state index contributed by atoms with van der Waals surface area (Å²) in [5.74, 6) is 0.385. The summed E-state index contributed by atoms with van der Waals surface area (Å²) in [4.78, 5) is 10.8. The van der Waals surface area contributed by atoms with E-state index in [1.54, 1.807) is 0 Å². The van der Waals surface area contributed by atoms with Gasteiger partial charge in [0.05, 0.1) is 51.3 Å². The van der Waals surface area contributed by atoms with Crippen molar-refractivity contribution in [2.75, 3.05) is 52.9 Å². The van der Waals surface area contributed by atoms with Gasteiger partial charge in [-0.25, -0.2) is 4.79 Å². The maximum atomic E-state index is 10.8. The predicted molar refractivity (Wildman–Crippen MR) is 125 cm³/mol. The minimum absolute atomic E-state index is 0.210. The molecule has 0 aliphatic carbocycles. The van der Waals surface area contributed by atoms with Gasteiger partial charge in [0.15, 0.2) is 0 Å². The van der Waals surface area contributed by atoms with Gasteiger partial charge in [-0.2, -0.15) is 5.26 Å². The average molecular weight is 454 g/mol. The third-order valence-electron chi connectivity index (χ3n) is 4.54. The Morgan fingerprint density at radius 2 is 1.27 bits per heavy atom. The minimum Gasteiger partial charge on any atom is -0.494 e. The Hall–Kier alpha value is -3.18. The van der Waals surface area contributed by atoms with Crippen LogP contribution in [0.1, 0.15) is 18.4 Å². The first-order valence-corrected chi connectivity index (χ1v) is 11.0. The lowest BCUT2D eigenvalue weighted by molar-refractivity contribution is -0.139. The van der Waals surface area contributed by atoms with Crippen LogP contribution >= 0.6 is 0 Å². The number of unbranched alkanes of at least 4 members (excludes halogenated alkanes) is 1. The van der Waals surface area contributed by atoms with E-state index >= 15 is 0 Å². The van der Waals surface area contributed by atoms with Crippen molar-refractivity contribution in [1.29, 1.82) is 5.26 Å². The van der Waals surface area contributed by atoms with Crippen LogP contribution in [0.3, 0.4) is 0 Å². The molecular weight excluding hydrogens is 422 g/mol. The van der Waals surface area contributed by atoms with Crippen molar-refractivity contribution in [3.63, 3.8) is 0 Å². The van der Waals surface area contributed by atoms with Crippen molar-refractivity contribution < 1.29 is 28.5 Å². The van der Waals surface area contributed by atoms with Gasteiger partial charge in [-0.15, -0.1) is 0 Å². The predicted octanol–water partition coefficient (Wildman–Crippen LogP) is 4.16. The van der Waals surface area contributed by atoms with Crippen molar-refractivity contribution in [3.8, 4) is 22.9 Å². The summed E-state index contributed by atoms with van der Waals surface area (Å²) in [5.41, 5.74) is 2.81. The number of nitriles is 1. The molecule has 33 heavy (non-hydrogen) atoms. The van der Waals surface area contributed by atoms with Crippen molar-refractivity contribution in [2.45, 2.75) is 12.8 Å². The van der Waals surface area contributed by atoms with Crippen molar-refractivity contribution >= 4 is 5.97 Å². The molecule has 176 valence electrons. The second-order valence-electron chi connectivity index (χ2n) is 6.98. The molecule has 0 spiro atoms. The Labute approximate surface area is 195 Å². The first-order valence-electron chi connectivity index (χ1n) is 11.0. The highest BCUT2D eigenvalue weighted by Gasteiger charge is 2.00. The van der Waals surface area contributed by atoms with Crippen LogP contribution in [0.15, 0.2) is 61.2 Å². The smallest absolute Gasteiger partial charge is 0.330 e. The largest absolute Gasteiger partial charge is 0.494 e. The van der Waals surface area contributed by atoms with Crippen LogP contribution in [0.2, 0.25) is 0 Å². The minimum atomic E-state index is -0.451. The molecule has 0 aliphatic rings. The van der Waals surface area contributed by atoms with E-state index in [1.165, 1.54) is 0 Å². The molecule has 0 amide bonds. The summed E-state index contributed by atoms with van der Waals surface area (Å²) < 4.78 is 26.8. The molecule has 7 heteroatoms. The van der Waals surface area contributed by atoms with Gasteiger partial charge in [0.2, 0.25) is 0 Å². The van der Waals surface area contributed by atoms with Gasteiger partial charge in [0, 0.05) is 12.7 Å². The second-order valence-corrected chi connectivity index (χ2v) is 6.98. The van der Waals surface area contributed by atoms with E-state index in [9.17, 15) is 4.79 Å². The van der Waals surface area contributed by atoms with Gasteiger partial charge in [0.25, 0.3) is 0 Å². The van der Waals surface area contributed by atoms with Crippen molar-refractivity contribution in [3.05, 3.63) is 66.7 Å². The molecule has 0 atom stereocenters. The lowest BCUT2D eigenvalue weighted by Crippen LogP contribution is -2.13. The normalized spacial score (nSPS) is 10.4. The Kier molecular flexibility index (Phi) is 13.0. The molecule has 7 nitrogen and oxygen atoms in total. The lowest BCUT2D eigenvalue weighted by Gasteiger charge is -2.09. The lowest BCUT2D eigenvalue weighted by atomic mass is 10.0. The van der Waals surface area contributed by atoms with E-state index in [2.05, 4.69) is 12.6 Å². The second kappa shape index (κ2) is 16.5. The van der Waals surface area contributed by atoms with Gasteiger partial charge in [-0.05, 0) is 48.2 Å². The highest BCUT2D eigenvalue weighted by molar-refractivity contribution is 5.81. The molecule has 2 aromatic rings. The fourth-order valence-electron chi connectivity index (χ4n) is 2.78.